The lowest BCUT2D eigenvalue weighted by molar-refractivity contribution is -0.0812. The van der Waals surface area contributed by atoms with E-state index in [0.717, 1.165) is 22.8 Å². The molecule has 0 spiro atoms. The summed E-state index contributed by atoms with van der Waals surface area (Å²) in [6.07, 6.45) is -0.940. The molecule has 4 aromatic rings. The van der Waals surface area contributed by atoms with Gasteiger partial charge in [-0.15, -0.1) is 0 Å². The molecule has 11 heteroatoms. The largest absolute Gasteiger partial charge is 0.459 e. The highest BCUT2D eigenvalue weighted by molar-refractivity contribution is 6.31. The zero-order chi connectivity index (χ0) is 31.6. The Bertz CT molecular complexity index is 1640. The minimum absolute atomic E-state index is 0.0274. The molecule has 1 N–H and O–H groups in total. The van der Waals surface area contributed by atoms with Crippen molar-refractivity contribution < 1.29 is 36.2 Å². The first kappa shape index (κ1) is 31.8. The lowest BCUT2D eigenvalue weighted by atomic mass is 9.96. The highest BCUT2D eigenvalue weighted by atomic mass is 35.5. The summed E-state index contributed by atoms with van der Waals surface area (Å²) in [7, 11) is 0. The number of likely N-dealkylation sites (tertiary alicyclic amines) is 1. The number of nitrogens with one attached hydrogen (secondary N) is 1. The van der Waals surface area contributed by atoms with E-state index in [2.05, 4.69) is 5.32 Å². The summed E-state index contributed by atoms with van der Waals surface area (Å²) in [4.78, 5) is 14.0. The van der Waals surface area contributed by atoms with Gasteiger partial charge in [-0.25, -0.2) is 22.4 Å². The number of nitrogens with zero attached hydrogens (tertiary/aromatic N) is 1. The fourth-order valence-corrected chi connectivity index (χ4v) is 5.12. The van der Waals surface area contributed by atoms with E-state index < -0.39 is 29.3 Å². The van der Waals surface area contributed by atoms with Crippen molar-refractivity contribution in [2.75, 3.05) is 19.8 Å². The Balaban J connectivity index is 1.38. The van der Waals surface area contributed by atoms with Crippen molar-refractivity contribution in [3.8, 4) is 22.3 Å². The third-order valence-electron chi connectivity index (χ3n) is 7.19. The molecule has 44 heavy (non-hydrogen) atoms. The molecule has 0 bridgehead atoms. The smallest absolute Gasteiger partial charge is 0.408 e. The highest BCUT2D eigenvalue weighted by Gasteiger charge is 2.33. The molecule has 1 aromatic heterocycles. The standard InChI is InChI=1S/C33H33ClF4N2O4/c1-32(2,3)44-31(41)39-17-24-13-23-12-22(14-26(30(23)43-24)25-15-27(34)29(36)16-28(25)35)21-6-4-20(5-7-21)18-42-19-40-10-8-33(37,38)9-11-40/h4-7,12-16H,8-11,17-19H2,1-3H3,(H,39,41). The molecule has 1 aliphatic heterocycles. The summed E-state index contributed by atoms with van der Waals surface area (Å²) in [6, 6.07) is 14.9. The zero-order valence-electron chi connectivity index (χ0n) is 24.6. The average molecular weight is 633 g/mol. The minimum Gasteiger partial charge on any atom is -0.459 e. The third-order valence-corrected chi connectivity index (χ3v) is 7.48. The van der Waals surface area contributed by atoms with Gasteiger partial charge in [-0.2, -0.15) is 0 Å². The molecule has 5 rings (SSSR count). The fraction of sp³-hybridized carbons (Fsp3) is 0.364. The summed E-state index contributed by atoms with van der Waals surface area (Å²) < 4.78 is 72.9. The second kappa shape index (κ2) is 12.8. The van der Waals surface area contributed by atoms with Gasteiger partial charge in [-0.05, 0) is 61.7 Å². The van der Waals surface area contributed by atoms with E-state index in [1.165, 1.54) is 6.07 Å². The van der Waals surface area contributed by atoms with Gasteiger partial charge < -0.3 is 19.2 Å². The van der Waals surface area contributed by atoms with E-state index in [-0.39, 0.29) is 36.7 Å². The number of benzene rings is 3. The second-order valence-corrected chi connectivity index (χ2v) is 12.3. The van der Waals surface area contributed by atoms with Crippen molar-refractivity contribution in [1.29, 1.82) is 0 Å². The summed E-state index contributed by atoms with van der Waals surface area (Å²) in [6.45, 7) is 6.47. The first-order chi connectivity index (χ1) is 20.8. The normalized spacial score (nSPS) is 15.5. The highest BCUT2D eigenvalue weighted by Crippen LogP contribution is 2.38. The van der Waals surface area contributed by atoms with Crippen molar-refractivity contribution in [2.24, 2.45) is 0 Å². The van der Waals surface area contributed by atoms with Crippen LogP contribution in [-0.4, -0.2) is 42.3 Å². The van der Waals surface area contributed by atoms with Crippen molar-refractivity contribution >= 4 is 28.7 Å². The van der Waals surface area contributed by atoms with Crippen LogP contribution in [0.2, 0.25) is 5.02 Å². The molecule has 2 heterocycles. The van der Waals surface area contributed by atoms with E-state index in [9.17, 15) is 18.0 Å². The number of alkyl halides is 2. The van der Waals surface area contributed by atoms with E-state index in [0.29, 0.717) is 42.0 Å². The van der Waals surface area contributed by atoms with Crippen LogP contribution in [-0.2, 0) is 22.6 Å². The summed E-state index contributed by atoms with van der Waals surface area (Å²) in [5.74, 6) is -3.88. The van der Waals surface area contributed by atoms with Gasteiger partial charge in [0.1, 0.15) is 28.6 Å². The molecule has 0 saturated carbocycles. The Kier molecular flexibility index (Phi) is 9.25. The lowest BCUT2D eigenvalue weighted by Crippen LogP contribution is -2.40. The molecule has 1 fully saturated rings. The third kappa shape index (κ3) is 7.91. The summed E-state index contributed by atoms with van der Waals surface area (Å²) >= 11 is 6.03. The van der Waals surface area contributed by atoms with Crippen LogP contribution in [0.1, 0.15) is 44.9 Å². The van der Waals surface area contributed by atoms with Crippen LogP contribution in [0.25, 0.3) is 33.2 Å². The fourth-order valence-electron chi connectivity index (χ4n) is 4.96. The van der Waals surface area contributed by atoms with Gasteiger partial charge in [-0.3, -0.25) is 4.90 Å². The van der Waals surface area contributed by atoms with Gasteiger partial charge in [0.05, 0.1) is 24.9 Å². The van der Waals surface area contributed by atoms with Crippen molar-refractivity contribution in [1.82, 2.24) is 10.2 Å². The van der Waals surface area contributed by atoms with Crippen LogP contribution in [0.5, 0.6) is 0 Å². The number of hydrogen-bond acceptors (Lipinski definition) is 5. The van der Waals surface area contributed by atoms with E-state index in [4.69, 9.17) is 25.5 Å². The molecular weight excluding hydrogens is 600 g/mol. The predicted octanol–water partition coefficient (Wildman–Crippen LogP) is 8.93. The van der Waals surface area contributed by atoms with Gasteiger partial charge in [0, 0.05) is 48.5 Å². The van der Waals surface area contributed by atoms with Crippen molar-refractivity contribution in [3.63, 3.8) is 0 Å². The second-order valence-electron chi connectivity index (χ2n) is 11.9. The molecule has 1 amide bonds. The maximum Gasteiger partial charge on any atom is 0.408 e. The molecule has 6 nitrogen and oxygen atoms in total. The molecule has 1 saturated heterocycles. The molecule has 234 valence electrons. The Morgan fingerprint density at radius 1 is 0.977 bits per heavy atom. The number of carbonyl (C=O) groups is 1. The topological polar surface area (TPSA) is 63.9 Å². The Labute approximate surface area is 257 Å². The number of furan rings is 1. The Hall–Kier alpha value is -3.60. The molecule has 0 radical (unpaired) electrons. The lowest BCUT2D eigenvalue weighted by Gasteiger charge is -2.31. The van der Waals surface area contributed by atoms with Gasteiger partial charge >= 0.3 is 6.09 Å². The molecule has 0 atom stereocenters. The van der Waals surface area contributed by atoms with Crippen LogP contribution in [0.3, 0.4) is 0 Å². The number of amides is 1. The van der Waals surface area contributed by atoms with Crippen LogP contribution in [0.15, 0.2) is 59.0 Å². The quantitative estimate of drug-likeness (QED) is 0.155. The zero-order valence-corrected chi connectivity index (χ0v) is 25.4. The van der Waals surface area contributed by atoms with Gasteiger partial charge in [0.25, 0.3) is 5.92 Å². The Morgan fingerprint density at radius 2 is 1.68 bits per heavy atom. The van der Waals surface area contributed by atoms with Crippen LogP contribution >= 0.6 is 11.6 Å². The number of rotatable bonds is 8. The number of fused-ring (bicyclic) bond motifs is 1. The SMILES string of the molecule is CC(C)(C)OC(=O)NCc1cc2cc(-c3ccc(COCN4CCC(F)(F)CC4)cc3)cc(-c3cc(Cl)c(F)cc3F)c2o1. The molecule has 0 unspecified atom stereocenters. The summed E-state index contributed by atoms with van der Waals surface area (Å²) in [5.41, 5.74) is 2.54. The van der Waals surface area contributed by atoms with Crippen LogP contribution < -0.4 is 5.32 Å². The minimum atomic E-state index is -2.60. The molecule has 3 aromatic carbocycles. The molecule has 1 aliphatic rings. The maximum atomic E-state index is 15.1. The van der Waals surface area contributed by atoms with Gasteiger partial charge in [0.15, 0.2) is 0 Å². The predicted molar refractivity (Wildman–Crippen MR) is 160 cm³/mol. The molecular formula is C33H33ClF4N2O4. The number of hydrogen-bond donors (Lipinski definition) is 1. The summed E-state index contributed by atoms with van der Waals surface area (Å²) in [5, 5.41) is 3.05. The van der Waals surface area contributed by atoms with E-state index >= 15 is 4.39 Å². The average Bonchev–Trinajstić information content (AvgIpc) is 3.37. The Morgan fingerprint density at radius 3 is 2.36 bits per heavy atom. The van der Waals surface area contributed by atoms with Gasteiger partial charge in [-0.1, -0.05) is 35.9 Å². The van der Waals surface area contributed by atoms with Crippen LogP contribution in [0.4, 0.5) is 22.4 Å². The van der Waals surface area contributed by atoms with Crippen molar-refractivity contribution in [3.05, 3.63) is 82.6 Å². The number of piperidine rings is 1. The monoisotopic (exact) mass is 632 g/mol. The van der Waals surface area contributed by atoms with Crippen molar-refractivity contribution in [2.45, 2.75) is 58.3 Å². The maximum absolute atomic E-state index is 15.1. The van der Waals surface area contributed by atoms with E-state index in [1.807, 2.05) is 35.2 Å². The number of halogens is 5. The number of alkyl carbamates (subject to hydrolysis) is 1. The number of ether oxygens (including phenoxy) is 2. The van der Waals surface area contributed by atoms with Crippen LogP contribution in [0, 0.1) is 11.6 Å². The number of carbonyl (C=O) groups excluding carboxylic acids is 1. The first-order valence-electron chi connectivity index (χ1n) is 14.2. The van der Waals surface area contributed by atoms with E-state index in [1.54, 1.807) is 32.9 Å². The van der Waals surface area contributed by atoms with Gasteiger partial charge in [0.2, 0.25) is 0 Å². The first-order valence-corrected chi connectivity index (χ1v) is 14.6. The molecule has 0 aliphatic carbocycles.